The fourth-order valence-electron chi connectivity index (χ4n) is 7.85. The van der Waals surface area contributed by atoms with Gasteiger partial charge < -0.3 is 13.9 Å². The van der Waals surface area contributed by atoms with Crippen molar-refractivity contribution in [3.8, 4) is 11.5 Å². The van der Waals surface area contributed by atoms with Gasteiger partial charge in [0, 0.05) is 28.8 Å². The predicted octanol–water partition coefficient (Wildman–Crippen LogP) is 9.74. The van der Waals surface area contributed by atoms with Gasteiger partial charge in [0.2, 0.25) is 5.91 Å². The molecule has 44 heavy (non-hydrogen) atoms. The van der Waals surface area contributed by atoms with Crippen molar-refractivity contribution in [3.05, 3.63) is 70.8 Å². The summed E-state index contributed by atoms with van der Waals surface area (Å²) in [7, 11) is -0.514. The first-order valence-corrected chi connectivity index (χ1v) is 18.4. The smallest absolute Gasteiger partial charge is 0.417 e. The summed E-state index contributed by atoms with van der Waals surface area (Å²) in [6.07, 6.45) is 3.44. The summed E-state index contributed by atoms with van der Waals surface area (Å²) in [5.41, 5.74) is 2.68. The number of likely N-dealkylation sites (tertiary alicyclic amines) is 1. The number of amides is 2. The molecule has 0 aromatic heterocycles. The van der Waals surface area contributed by atoms with Crippen molar-refractivity contribution < 1.29 is 23.5 Å². The van der Waals surface area contributed by atoms with E-state index in [1.807, 2.05) is 52.0 Å². The normalized spacial score (nSPS) is 23.8. The topological polar surface area (TPSA) is 65.1 Å². The molecule has 4 rings (SSSR count). The molecule has 240 valence electrons. The molecular formula is C36H50ClNO5Si. The lowest BCUT2D eigenvalue weighted by atomic mass is 9.65. The molecule has 0 radical (unpaired) electrons. The van der Waals surface area contributed by atoms with E-state index in [1.54, 1.807) is 7.11 Å². The molecule has 1 heterocycles. The minimum Gasteiger partial charge on any atom is -0.543 e. The Hall–Kier alpha value is -2.77. The standard InChI is InChI=1S/C36H50ClNO5Si/c1-21(2)44(22(3)4,23(5)6)43-26-14-12-25(13-15-26)33-29(28-17-16-27(41-11)20-31(28)37)18-19-30-32(33)24(7)38(34(30)39)35(40)42-36(8,9)10/h12-24,29-30,32-33H,1-11H3/t24-,29-,30+,32+,33-/m0/s1. The molecule has 0 bridgehead atoms. The molecule has 2 aliphatic rings. The number of imide groups is 1. The highest BCUT2D eigenvalue weighted by molar-refractivity contribution is 6.78. The molecule has 5 atom stereocenters. The Bertz CT molecular complexity index is 1360. The van der Waals surface area contributed by atoms with Gasteiger partial charge in [0.05, 0.1) is 13.0 Å². The molecule has 0 spiro atoms. The molecule has 0 N–H and O–H groups in total. The number of hydrogen-bond donors (Lipinski definition) is 0. The van der Waals surface area contributed by atoms with Crippen molar-refractivity contribution in [2.24, 2.45) is 11.8 Å². The Labute approximate surface area is 270 Å². The number of nitrogens with zero attached hydrogens (tertiary/aromatic N) is 1. The fraction of sp³-hybridized carbons (Fsp3) is 0.556. The first-order valence-electron chi connectivity index (χ1n) is 15.9. The van der Waals surface area contributed by atoms with E-state index in [0.717, 1.165) is 16.9 Å². The highest BCUT2D eigenvalue weighted by Crippen LogP contribution is 2.53. The summed E-state index contributed by atoms with van der Waals surface area (Å²) >= 11 is 6.86. The number of halogens is 1. The van der Waals surface area contributed by atoms with Crippen LogP contribution in [0.4, 0.5) is 4.79 Å². The maximum Gasteiger partial charge on any atom is 0.417 e. The number of fused-ring (bicyclic) bond motifs is 1. The molecule has 2 aromatic carbocycles. The second-order valence-electron chi connectivity index (χ2n) is 14.3. The molecule has 2 amide bonds. The summed E-state index contributed by atoms with van der Waals surface area (Å²) in [6, 6.07) is 13.8. The number of rotatable bonds is 8. The number of allylic oxidation sites excluding steroid dienone is 1. The van der Waals surface area contributed by atoms with Gasteiger partial charge in [-0.15, -0.1) is 0 Å². The third kappa shape index (κ3) is 6.32. The van der Waals surface area contributed by atoms with Crippen molar-refractivity contribution in [1.29, 1.82) is 0 Å². The number of carbonyl (C=O) groups is 2. The zero-order valence-electron chi connectivity index (χ0n) is 28.2. The van der Waals surface area contributed by atoms with Crippen LogP contribution in [0.3, 0.4) is 0 Å². The predicted molar refractivity (Wildman–Crippen MR) is 180 cm³/mol. The number of methoxy groups -OCH3 is 1. The monoisotopic (exact) mass is 639 g/mol. The zero-order valence-corrected chi connectivity index (χ0v) is 29.9. The van der Waals surface area contributed by atoms with Gasteiger partial charge in [-0.3, -0.25) is 4.79 Å². The van der Waals surface area contributed by atoms with E-state index >= 15 is 0 Å². The summed E-state index contributed by atoms with van der Waals surface area (Å²) in [4.78, 5) is 28.4. The number of ether oxygens (including phenoxy) is 2. The van der Waals surface area contributed by atoms with Gasteiger partial charge in [-0.2, -0.15) is 0 Å². The van der Waals surface area contributed by atoms with Gasteiger partial charge >= 0.3 is 6.09 Å². The lowest BCUT2D eigenvalue weighted by Crippen LogP contribution is -2.50. The van der Waals surface area contributed by atoms with E-state index in [2.05, 4.69) is 71.9 Å². The van der Waals surface area contributed by atoms with Gasteiger partial charge in [0.1, 0.15) is 17.1 Å². The van der Waals surface area contributed by atoms with Gasteiger partial charge in [-0.1, -0.05) is 83.5 Å². The van der Waals surface area contributed by atoms with E-state index in [1.165, 1.54) is 4.90 Å². The highest BCUT2D eigenvalue weighted by Gasteiger charge is 2.55. The van der Waals surface area contributed by atoms with E-state index in [9.17, 15) is 9.59 Å². The van der Waals surface area contributed by atoms with E-state index in [4.69, 9.17) is 25.5 Å². The van der Waals surface area contributed by atoms with E-state index in [-0.39, 0.29) is 29.7 Å². The molecule has 1 aliphatic carbocycles. The molecule has 1 aliphatic heterocycles. The molecular weight excluding hydrogens is 590 g/mol. The average molecular weight is 640 g/mol. The van der Waals surface area contributed by atoms with Gasteiger partial charge in [-0.25, -0.2) is 9.69 Å². The SMILES string of the molecule is COc1ccc([C@@H]2C=C[C@H]3C(=O)N(C(=O)OC(C)(C)C)[C@@H](C)[C@H]3[C@H]2c2ccc(O[Si](C(C)C)(C(C)C)C(C)C)cc2)c(Cl)c1. The first kappa shape index (κ1) is 34.1. The van der Waals surface area contributed by atoms with Crippen molar-refractivity contribution in [2.45, 2.75) is 109 Å². The summed E-state index contributed by atoms with van der Waals surface area (Å²) in [6.45, 7) is 21.1. The lowest BCUT2D eigenvalue weighted by Gasteiger charge is -2.42. The van der Waals surface area contributed by atoms with Crippen LogP contribution >= 0.6 is 11.6 Å². The van der Waals surface area contributed by atoms with Gasteiger partial charge in [0.25, 0.3) is 8.32 Å². The molecule has 1 fully saturated rings. The lowest BCUT2D eigenvalue weighted by molar-refractivity contribution is -0.130. The van der Waals surface area contributed by atoms with Crippen LogP contribution in [-0.4, -0.2) is 44.0 Å². The molecule has 1 saturated heterocycles. The van der Waals surface area contributed by atoms with Crippen LogP contribution in [0.2, 0.25) is 21.6 Å². The molecule has 8 heteroatoms. The second-order valence-corrected chi connectivity index (χ2v) is 20.1. The Balaban J connectivity index is 1.79. The van der Waals surface area contributed by atoms with E-state index in [0.29, 0.717) is 27.4 Å². The van der Waals surface area contributed by atoms with Crippen molar-refractivity contribution >= 4 is 31.9 Å². The van der Waals surface area contributed by atoms with Crippen molar-refractivity contribution in [3.63, 3.8) is 0 Å². The molecule has 0 unspecified atom stereocenters. The Morgan fingerprint density at radius 3 is 1.93 bits per heavy atom. The van der Waals surface area contributed by atoms with Crippen molar-refractivity contribution in [1.82, 2.24) is 4.90 Å². The number of hydrogen-bond acceptors (Lipinski definition) is 5. The fourth-order valence-corrected chi connectivity index (χ4v) is 13.4. The van der Waals surface area contributed by atoms with E-state index < -0.39 is 25.9 Å². The summed E-state index contributed by atoms with van der Waals surface area (Å²) in [5.74, 6) is 0.468. The Morgan fingerprint density at radius 1 is 0.886 bits per heavy atom. The molecule has 0 saturated carbocycles. The van der Waals surface area contributed by atoms with Crippen LogP contribution in [0.5, 0.6) is 11.5 Å². The first-order chi connectivity index (χ1) is 20.5. The third-order valence-corrected chi connectivity index (χ3v) is 16.0. The Kier molecular flexibility index (Phi) is 10.0. The van der Waals surface area contributed by atoms with Gasteiger partial charge in [0.15, 0.2) is 0 Å². The quantitative estimate of drug-likeness (QED) is 0.212. The minimum atomic E-state index is -2.13. The average Bonchev–Trinajstić information content (AvgIpc) is 3.19. The Morgan fingerprint density at radius 2 is 1.43 bits per heavy atom. The van der Waals surface area contributed by atoms with Crippen LogP contribution in [0, 0.1) is 11.8 Å². The minimum absolute atomic E-state index is 0.120. The maximum absolute atomic E-state index is 13.8. The summed E-state index contributed by atoms with van der Waals surface area (Å²) in [5, 5.41) is 0.602. The second kappa shape index (κ2) is 12.9. The molecule has 6 nitrogen and oxygen atoms in total. The number of carbonyl (C=O) groups excluding carboxylic acids is 2. The van der Waals surface area contributed by atoms with Crippen molar-refractivity contribution in [2.75, 3.05) is 7.11 Å². The molecule has 2 aromatic rings. The highest BCUT2D eigenvalue weighted by atomic mass is 35.5. The zero-order chi connectivity index (χ0) is 32.7. The summed E-state index contributed by atoms with van der Waals surface area (Å²) < 4.78 is 18.1. The third-order valence-electron chi connectivity index (χ3n) is 9.65. The van der Waals surface area contributed by atoms with Crippen LogP contribution in [0.1, 0.15) is 92.2 Å². The number of benzene rings is 2. The van der Waals surface area contributed by atoms with Gasteiger partial charge in [-0.05, 0) is 79.7 Å². The van der Waals surface area contributed by atoms with Crippen LogP contribution < -0.4 is 9.16 Å². The maximum atomic E-state index is 13.8. The van der Waals surface area contributed by atoms with Crippen LogP contribution in [0.15, 0.2) is 54.6 Å². The van der Waals surface area contributed by atoms with Crippen LogP contribution in [-0.2, 0) is 9.53 Å². The van der Waals surface area contributed by atoms with Crippen LogP contribution in [0.25, 0.3) is 0 Å². The largest absolute Gasteiger partial charge is 0.543 e.